The molecular formula is C42H40N2P2. The Morgan fingerprint density at radius 2 is 0.522 bits per heavy atom. The van der Waals surface area contributed by atoms with Gasteiger partial charge in [0, 0.05) is 25.1 Å². The molecule has 1 aliphatic rings. The van der Waals surface area contributed by atoms with E-state index in [9.17, 15) is 0 Å². The first-order valence-electron chi connectivity index (χ1n) is 16.1. The summed E-state index contributed by atoms with van der Waals surface area (Å²) < 4.78 is 0. The van der Waals surface area contributed by atoms with E-state index in [4.69, 9.17) is 0 Å². The van der Waals surface area contributed by atoms with E-state index in [-0.39, 0.29) is 12.1 Å². The van der Waals surface area contributed by atoms with Crippen LogP contribution in [0.3, 0.4) is 0 Å². The first-order chi connectivity index (χ1) is 22.8. The summed E-state index contributed by atoms with van der Waals surface area (Å²) in [5, 5.41) is 2.94. The minimum Gasteiger partial charge on any atom is -0.283 e. The van der Waals surface area contributed by atoms with Crippen molar-refractivity contribution in [1.82, 2.24) is 9.80 Å². The molecule has 228 valence electrons. The third-order valence-corrected chi connectivity index (χ3v) is 13.7. The van der Waals surface area contributed by atoms with Crippen molar-refractivity contribution >= 4 is 26.5 Å². The Balaban J connectivity index is 1.37. The molecule has 1 fully saturated rings. The average molecular weight is 635 g/mol. The van der Waals surface area contributed by atoms with Gasteiger partial charge in [0.15, 0.2) is 0 Å². The van der Waals surface area contributed by atoms with Gasteiger partial charge in [0.25, 0.3) is 0 Å². The molecule has 0 spiro atoms. The molecule has 0 aromatic heterocycles. The molecule has 2 nitrogen and oxygen atoms in total. The van der Waals surface area contributed by atoms with Crippen LogP contribution in [-0.4, -0.2) is 34.9 Å². The van der Waals surface area contributed by atoms with Crippen LogP contribution in [0.25, 0.3) is 0 Å². The monoisotopic (exact) mass is 634 g/mol. The fraction of sp³-hybridized carbons (Fsp3) is 0.143. The minimum atomic E-state index is -0.541. The summed E-state index contributed by atoms with van der Waals surface area (Å²) in [6.45, 7) is 0. The maximum atomic E-state index is 2.83. The largest absolute Gasteiger partial charge is 0.283 e. The maximum absolute atomic E-state index is 2.83. The summed E-state index contributed by atoms with van der Waals surface area (Å²) in [6.07, 6.45) is 4.14. The van der Waals surface area contributed by atoms with E-state index < -0.39 is 15.8 Å². The molecule has 6 aromatic carbocycles. The molecule has 0 amide bonds. The molecule has 46 heavy (non-hydrogen) atoms. The van der Waals surface area contributed by atoms with Crippen LogP contribution in [0.2, 0.25) is 0 Å². The van der Waals surface area contributed by atoms with Crippen molar-refractivity contribution in [2.45, 2.75) is 12.1 Å². The third-order valence-electron chi connectivity index (χ3n) is 8.84. The Morgan fingerprint density at radius 3 is 0.761 bits per heavy atom. The quantitative estimate of drug-likeness (QED) is 0.154. The molecule has 0 atom stereocenters. The van der Waals surface area contributed by atoms with Gasteiger partial charge in [-0.3, -0.25) is 9.80 Å². The van der Waals surface area contributed by atoms with Gasteiger partial charge in [-0.25, -0.2) is 0 Å². The van der Waals surface area contributed by atoms with Gasteiger partial charge >= 0.3 is 0 Å². The Kier molecular flexibility index (Phi) is 10.1. The third kappa shape index (κ3) is 7.23. The lowest BCUT2D eigenvalue weighted by molar-refractivity contribution is 0.280. The predicted octanol–water partition coefficient (Wildman–Crippen LogP) is 9.63. The fourth-order valence-electron chi connectivity index (χ4n) is 6.76. The van der Waals surface area contributed by atoms with Gasteiger partial charge in [-0.1, -0.05) is 182 Å². The molecule has 0 saturated carbocycles. The molecule has 0 aliphatic carbocycles. The van der Waals surface area contributed by atoms with Crippen molar-refractivity contribution in [3.05, 3.63) is 204 Å². The first-order valence-corrected chi connectivity index (χ1v) is 19.5. The molecule has 1 heterocycles. The zero-order valence-corrected chi connectivity index (χ0v) is 27.9. The van der Waals surface area contributed by atoms with E-state index in [1.165, 1.54) is 32.9 Å². The summed E-state index contributed by atoms with van der Waals surface area (Å²) in [6, 6.07) is 67.7. The van der Waals surface area contributed by atoms with E-state index >= 15 is 0 Å². The van der Waals surface area contributed by atoms with Crippen LogP contribution in [0.4, 0.5) is 0 Å². The van der Waals surface area contributed by atoms with Crippen LogP contribution < -0.4 is 10.6 Å². The van der Waals surface area contributed by atoms with Gasteiger partial charge in [0.1, 0.15) is 0 Å². The SMILES string of the molecule is c1ccc(C(c2ccccc2)N2CP(c3ccccc3)CN(C(c3ccccc3)c3ccccc3)CP(c3ccccc3)C2)cc1. The summed E-state index contributed by atoms with van der Waals surface area (Å²) in [5.41, 5.74) is 5.46. The van der Waals surface area contributed by atoms with E-state index in [2.05, 4.69) is 192 Å². The Bertz CT molecular complexity index is 1530. The number of rotatable bonds is 8. The lowest BCUT2D eigenvalue weighted by atomic mass is 9.98. The van der Waals surface area contributed by atoms with Gasteiger partial charge < -0.3 is 0 Å². The zero-order valence-electron chi connectivity index (χ0n) is 26.1. The standard InChI is InChI=1S/C42H40N2P2/c1-7-19-35(20-8-1)41(36-21-9-2-10-22-36)43-31-45(39-27-15-5-16-28-39)33-44(34-46(32-43)40-29-17-6-18-30-40)42(37-23-11-3-12-24-37)38-25-13-4-14-26-38/h1-30,41-42H,31-34H2. The van der Waals surface area contributed by atoms with E-state index in [0.717, 1.165) is 25.1 Å². The van der Waals surface area contributed by atoms with Gasteiger partial charge in [-0.05, 0) is 48.7 Å². The van der Waals surface area contributed by atoms with Gasteiger partial charge in [-0.2, -0.15) is 0 Å². The van der Waals surface area contributed by atoms with Crippen molar-refractivity contribution < 1.29 is 0 Å². The van der Waals surface area contributed by atoms with Crippen LogP contribution in [0.1, 0.15) is 34.3 Å². The smallest absolute Gasteiger partial charge is 0.0608 e. The lowest BCUT2D eigenvalue weighted by Crippen LogP contribution is -2.41. The van der Waals surface area contributed by atoms with Crippen LogP contribution in [0.15, 0.2) is 182 Å². The molecule has 7 rings (SSSR count). The van der Waals surface area contributed by atoms with Crippen molar-refractivity contribution in [1.29, 1.82) is 0 Å². The first kappa shape index (κ1) is 30.7. The molecule has 1 aliphatic heterocycles. The van der Waals surface area contributed by atoms with Gasteiger partial charge in [0.05, 0.1) is 12.1 Å². The summed E-state index contributed by atoms with van der Waals surface area (Å²) >= 11 is 0. The highest BCUT2D eigenvalue weighted by Crippen LogP contribution is 2.51. The molecule has 0 bridgehead atoms. The highest BCUT2D eigenvalue weighted by atomic mass is 31.1. The minimum absolute atomic E-state index is 0.190. The lowest BCUT2D eigenvalue weighted by Gasteiger charge is -2.45. The molecule has 0 unspecified atom stereocenters. The topological polar surface area (TPSA) is 6.48 Å². The Hall–Kier alpha value is -3.90. The summed E-state index contributed by atoms with van der Waals surface area (Å²) in [7, 11) is -1.08. The summed E-state index contributed by atoms with van der Waals surface area (Å²) in [4.78, 5) is 5.67. The number of nitrogens with zero attached hydrogens (tertiary/aromatic N) is 2. The van der Waals surface area contributed by atoms with E-state index in [1.807, 2.05) is 0 Å². The normalized spacial score (nSPS) is 17.9. The predicted molar refractivity (Wildman–Crippen MR) is 199 cm³/mol. The number of hydrogen-bond donors (Lipinski definition) is 0. The average Bonchev–Trinajstić information content (AvgIpc) is 3.12. The van der Waals surface area contributed by atoms with Gasteiger partial charge in [-0.15, -0.1) is 0 Å². The maximum Gasteiger partial charge on any atom is 0.0608 e. The van der Waals surface area contributed by atoms with Crippen molar-refractivity contribution in [2.24, 2.45) is 0 Å². The van der Waals surface area contributed by atoms with Crippen molar-refractivity contribution in [3.63, 3.8) is 0 Å². The highest BCUT2D eigenvalue weighted by molar-refractivity contribution is 7.67. The van der Waals surface area contributed by atoms with Gasteiger partial charge in [0.2, 0.25) is 0 Å². The molecule has 6 aromatic rings. The van der Waals surface area contributed by atoms with Crippen LogP contribution in [0, 0.1) is 0 Å². The second kappa shape index (κ2) is 15.1. The number of hydrogen-bond acceptors (Lipinski definition) is 2. The van der Waals surface area contributed by atoms with Crippen LogP contribution in [0.5, 0.6) is 0 Å². The van der Waals surface area contributed by atoms with Crippen molar-refractivity contribution in [2.75, 3.05) is 25.1 Å². The van der Waals surface area contributed by atoms with E-state index in [0.29, 0.717) is 0 Å². The number of benzene rings is 6. The molecule has 0 N–H and O–H groups in total. The summed E-state index contributed by atoms with van der Waals surface area (Å²) in [5.74, 6) is 0. The van der Waals surface area contributed by atoms with Crippen LogP contribution >= 0.6 is 15.8 Å². The Morgan fingerprint density at radius 1 is 0.304 bits per heavy atom. The molecule has 4 heteroatoms. The fourth-order valence-corrected chi connectivity index (χ4v) is 11.9. The molecular weight excluding hydrogens is 594 g/mol. The second-order valence-electron chi connectivity index (χ2n) is 11.9. The zero-order chi connectivity index (χ0) is 31.0. The highest BCUT2D eigenvalue weighted by Gasteiger charge is 2.35. The van der Waals surface area contributed by atoms with Crippen molar-refractivity contribution in [3.8, 4) is 0 Å². The van der Waals surface area contributed by atoms with Crippen LogP contribution in [-0.2, 0) is 0 Å². The molecule has 1 saturated heterocycles. The second-order valence-corrected chi connectivity index (χ2v) is 16.3. The van der Waals surface area contributed by atoms with E-state index in [1.54, 1.807) is 0 Å². The Labute approximate surface area is 276 Å². The molecule has 0 radical (unpaired) electrons.